The van der Waals surface area contributed by atoms with E-state index in [0.717, 1.165) is 22.7 Å². The summed E-state index contributed by atoms with van der Waals surface area (Å²) in [6, 6.07) is 3.98. The molecule has 1 N–H and O–H groups in total. The highest BCUT2D eigenvalue weighted by Crippen LogP contribution is 2.29. The summed E-state index contributed by atoms with van der Waals surface area (Å²) in [6.07, 6.45) is 0.968. The molecule has 0 aliphatic heterocycles. The second-order valence-corrected chi connectivity index (χ2v) is 4.60. The SMILES string of the molecule is CCC(COC)Nc1cc(Cl)c(C)cc1Cl. The fourth-order valence-electron chi connectivity index (χ4n) is 1.44. The van der Waals surface area contributed by atoms with Crippen LogP contribution in [-0.2, 0) is 4.74 Å². The quantitative estimate of drug-likeness (QED) is 0.861. The van der Waals surface area contributed by atoms with Crippen molar-refractivity contribution < 1.29 is 4.74 Å². The number of rotatable bonds is 5. The summed E-state index contributed by atoms with van der Waals surface area (Å²) in [5, 5.41) is 4.74. The van der Waals surface area contributed by atoms with Crippen LogP contribution in [0.5, 0.6) is 0 Å². The van der Waals surface area contributed by atoms with Crippen LogP contribution >= 0.6 is 23.2 Å². The second kappa shape index (κ2) is 6.33. The molecule has 0 aromatic heterocycles. The Bertz CT molecular complexity index is 355. The van der Waals surface area contributed by atoms with E-state index in [0.29, 0.717) is 11.6 Å². The van der Waals surface area contributed by atoms with Crippen LogP contribution in [0.2, 0.25) is 10.0 Å². The lowest BCUT2D eigenvalue weighted by Gasteiger charge is -2.18. The number of anilines is 1. The molecule has 0 heterocycles. The van der Waals surface area contributed by atoms with Gasteiger partial charge in [0.2, 0.25) is 0 Å². The summed E-state index contributed by atoms with van der Waals surface area (Å²) in [5.41, 5.74) is 1.85. The van der Waals surface area contributed by atoms with Gasteiger partial charge in [-0.25, -0.2) is 0 Å². The minimum Gasteiger partial charge on any atom is -0.383 e. The highest BCUT2D eigenvalue weighted by molar-refractivity contribution is 6.35. The third-order valence-electron chi connectivity index (χ3n) is 2.47. The fraction of sp³-hybridized carbons (Fsp3) is 0.500. The lowest BCUT2D eigenvalue weighted by molar-refractivity contribution is 0.184. The van der Waals surface area contributed by atoms with Gasteiger partial charge >= 0.3 is 0 Å². The normalized spacial score (nSPS) is 12.6. The third-order valence-corrected chi connectivity index (χ3v) is 3.19. The standard InChI is InChI=1S/C12H17Cl2NO/c1-4-9(7-16-3)15-12-6-10(13)8(2)5-11(12)14/h5-6,9,15H,4,7H2,1-3H3. The highest BCUT2D eigenvalue weighted by Gasteiger charge is 2.09. The van der Waals surface area contributed by atoms with E-state index in [-0.39, 0.29) is 6.04 Å². The molecule has 1 atom stereocenters. The lowest BCUT2D eigenvalue weighted by atomic mass is 10.2. The number of halogens is 2. The molecule has 0 bridgehead atoms. The van der Waals surface area contributed by atoms with Crippen molar-refractivity contribution in [2.45, 2.75) is 26.3 Å². The first-order valence-corrected chi connectivity index (χ1v) is 6.05. The van der Waals surface area contributed by atoms with Crippen molar-refractivity contribution in [3.05, 3.63) is 27.7 Å². The van der Waals surface area contributed by atoms with E-state index in [2.05, 4.69) is 12.2 Å². The molecular formula is C12H17Cl2NO. The van der Waals surface area contributed by atoms with E-state index >= 15 is 0 Å². The largest absolute Gasteiger partial charge is 0.383 e. The molecule has 0 spiro atoms. The van der Waals surface area contributed by atoms with E-state index in [9.17, 15) is 0 Å². The lowest BCUT2D eigenvalue weighted by Crippen LogP contribution is -2.24. The number of hydrogen-bond acceptors (Lipinski definition) is 2. The first-order chi connectivity index (χ1) is 7.58. The van der Waals surface area contributed by atoms with Crippen molar-refractivity contribution in [3.63, 3.8) is 0 Å². The van der Waals surface area contributed by atoms with Gasteiger partial charge in [-0.05, 0) is 31.0 Å². The molecule has 0 aliphatic rings. The second-order valence-electron chi connectivity index (χ2n) is 3.79. The molecule has 4 heteroatoms. The van der Waals surface area contributed by atoms with Gasteiger partial charge in [-0.1, -0.05) is 30.1 Å². The summed E-state index contributed by atoms with van der Waals surface area (Å²) in [4.78, 5) is 0. The smallest absolute Gasteiger partial charge is 0.0663 e. The Kier molecular flexibility index (Phi) is 5.39. The number of methoxy groups -OCH3 is 1. The molecular weight excluding hydrogens is 245 g/mol. The Morgan fingerprint density at radius 2 is 2.00 bits per heavy atom. The molecule has 0 amide bonds. The minimum absolute atomic E-state index is 0.251. The number of hydrogen-bond donors (Lipinski definition) is 1. The molecule has 0 saturated carbocycles. The van der Waals surface area contributed by atoms with Crippen LogP contribution in [0.15, 0.2) is 12.1 Å². The maximum atomic E-state index is 6.14. The maximum Gasteiger partial charge on any atom is 0.0663 e. The van der Waals surface area contributed by atoms with Crippen LogP contribution in [0.25, 0.3) is 0 Å². The van der Waals surface area contributed by atoms with Crippen LogP contribution in [0.3, 0.4) is 0 Å². The molecule has 90 valence electrons. The predicted molar refractivity (Wildman–Crippen MR) is 70.8 cm³/mol. The van der Waals surface area contributed by atoms with Crippen LogP contribution in [0.4, 0.5) is 5.69 Å². The van der Waals surface area contributed by atoms with E-state index in [4.69, 9.17) is 27.9 Å². The van der Waals surface area contributed by atoms with Crippen molar-refractivity contribution in [2.24, 2.45) is 0 Å². The van der Waals surface area contributed by atoms with E-state index < -0.39 is 0 Å². The molecule has 1 aromatic rings. The Morgan fingerprint density at radius 3 is 2.56 bits per heavy atom. The van der Waals surface area contributed by atoms with Crippen molar-refractivity contribution in [1.29, 1.82) is 0 Å². The average molecular weight is 262 g/mol. The van der Waals surface area contributed by atoms with E-state index in [1.807, 2.05) is 19.1 Å². The molecule has 16 heavy (non-hydrogen) atoms. The zero-order valence-electron chi connectivity index (χ0n) is 9.81. The number of benzene rings is 1. The monoisotopic (exact) mass is 261 g/mol. The Hall–Kier alpha value is -0.440. The van der Waals surface area contributed by atoms with Gasteiger partial charge in [0.1, 0.15) is 0 Å². The van der Waals surface area contributed by atoms with Crippen molar-refractivity contribution >= 4 is 28.9 Å². The van der Waals surface area contributed by atoms with Gasteiger partial charge < -0.3 is 10.1 Å². The number of ether oxygens (including phenoxy) is 1. The van der Waals surface area contributed by atoms with Crippen LogP contribution in [0.1, 0.15) is 18.9 Å². The topological polar surface area (TPSA) is 21.3 Å². The summed E-state index contributed by atoms with van der Waals surface area (Å²) in [6.45, 7) is 4.68. The van der Waals surface area contributed by atoms with Crippen LogP contribution < -0.4 is 5.32 Å². The highest BCUT2D eigenvalue weighted by atomic mass is 35.5. The van der Waals surface area contributed by atoms with Gasteiger partial charge in [-0.3, -0.25) is 0 Å². The van der Waals surface area contributed by atoms with Crippen molar-refractivity contribution in [3.8, 4) is 0 Å². The summed E-state index contributed by atoms with van der Waals surface area (Å²) in [7, 11) is 1.69. The molecule has 0 aliphatic carbocycles. The number of aryl methyl sites for hydroxylation is 1. The maximum absolute atomic E-state index is 6.14. The zero-order valence-corrected chi connectivity index (χ0v) is 11.3. The summed E-state index contributed by atoms with van der Waals surface area (Å²) >= 11 is 12.2. The van der Waals surface area contributed by atoms with E-state index in [1.54, 1.807) is 7.11 Å². The Labute approximate surface area is 107 Å². The predicted octanol–water partition coefficient (Wildman–Crippen LogP) is 4.14. The first kappa shape index (κ1) is 13.6. The van der Waals surface area contributed by atoms with Gasteiger partial charge in [0, 0.05) is 18.2 Å². The van der Waals surface area contributed by atoms with E-state index in [1.165, 1.54) is 0 Å². The molecule has 1 rings (SSSR count). The Morgan fingerprint density at radius 1 is 1.31 bits per heavy atom. The Balaban J connectivity index is 2.83. The van der Waals surface area contributed by atoms with Gasteiger partial charge in [-0.2, -0.15) is 0 Å². The molecule has 2 nitrogen and oxygen atoms in total. The van der Waals surface area contributed by atoms with Gasteiger partial charge in [0.15, 0.2) is 0 Å². The van der Waals surface area contributed by atoms with Crippen molar-refractivity contribution in [1.82, 2.24) is 0 Å². The average Bonchev–Trinajstić information content (AvgIpc) is 2.25. The van der Waals surface area contributed by atoms with Gasteiger partial charge in [0.05, 0.1) is 17.3 Å². The molecule has 0 radical (unpaired) electrons. The third kappa shape index (κ3) is 3.55. The first-order valence-electron chi connectivity index (χ1n) is 5.29. The van der Waals surface area contributed by atoms with Crippen LogP contribution in [-0.4, -0.2) is 19.8 Å². The molecule has 1 aromatic carbocycles. The summed E-state index contributed by atoms with van der Waals surface area (Å²) in [5.74, 6) is 0. The zero-order chi connectivity index (χ0) is 12.1. The minimum atomic E-state index is 0.251. The number of nitrogens with one attached hydrogen (secondary N) is 1. The molecule has 1 unspecified atom stereocenters. The molecule has 0 saturated heterocycles. The van der Waals surface area contributed by atoms with Crippen LogP contribution in [0, 0.1) is 6.92 Å². The fourth-order valence-corrected chi connectivity index (χ4v) is 1.88. The summed E-state index contributed by atoms with van der Waals surface area (Å²) < 4.78 is 5.12. The molecule has 0 fully saturated rings. The van der Waals surface area contributed by atoms with Crippen molar-refractivity contribution in [2.75, 3.05) is 19.0 Å². The van der Waals surface area contributed by atoms with Gasteiger partial charge in [0.25, 0.3) is 0 Å². The van der Waals surface area contributed by atoms with Gasteiger partial charge in [-0.15, -0.1) is 0 Å².